The summed E-state index contributed by atoms with van der Waals surface area (Å²) in [5.74, 6) is 2.15. The van der Waals surface area contributed by atoms with Gasteiger partial charge in [0.1, 0.15) is 11.6 Å². The quantitative estimate of drug-likeness (QED) is 0.217. The lowest BCUT2D eigenvalue weighted by molar-refractivity contribution is 0.0952. The van der Waals surface area contributed by atoms with Crippen LogP contribution in [0.2, 0.25) is 0 Å². The first-order chi connectivity index (χ1) is 17.9. The van der Waals surface area contributed by atoms with Crippen molar-refractivity contribution in [2.24, 2.45) is 0 Å². The zero-order chi connectivity index (χ0) is 26.2. The van der Waals surface area contributed by atoms with E-state index in [-0.39, 0.29) is 5.91 Å². The molecule has 0 aliphatic carbocycles. The summed E-state index contributed by atoms with van der Waals surface area (Å²) in [4.78, 5) is 17.4. The van der Waals surface area contributed by atoms with E-state index in [0.29, 0.717) is 13.2 Å². The van der Waals surface area contributed by atoms with Crippen LogP contribution in [0.4, 0.5) is 0 Å². The predicted molar refractivity (Wildman–Crippen MR) is 152 cm³/mol. The first kappa shape index (κ1) is 26.5. The number of carbonyl (C=O) groups is 1. The number of amides is 1. The van der Waals surface area contributed by atoms with Crippen molar-refractivity contribution in [1.29, 1.82) is 0 Å². The first-order valence-electron chi connectivity index (χ1n) is 13.4. The van der Waals surface area contributed by atoms with Gasteiger partial charge in [0.2, 0.25) is 0 Å². The number of ether oxygens (including phenoxy) is 1. The van der Waals surface area contributed by atoms with Gasteiger partial charge in [-0.1, -0.05) is 54.4 Å². The number of hydrogen-bond acceptors (Lipinski definition) is 3. The topological polar surface area (TPSA) is 56.2 Å². The third-order valence-corrected chi connectivity index (χ3v) is 6.90. The van der Waals surface area contributed by atoms with Gasteiger partial charge in [-0.2, -0.15) is 0 Å². The fourth-order valence-corrected chi connectivity index (χ4v) is 4.94. The second-order valence-corrected chi connectivity index (χ2v) is 9.98. The zero-order valence-corrected chi connectivity index (χ0v) is 22.6. The summed E-state index contributed by atoms with van der Waals surface area (Å²) in [7, 11) is 0. The van der Waals surface area contributed by atoms with Crippen LogP contribution >= 0.6 is 0 Å². The standard InChI is InChI=1S/C32H39N3O2/c1-23-17-18-27(26(4)22-23)32(36)33-19-9-5-6-16-30-34-28-14-7-8-15-29(28)35(30)20-11-21-37-31-24(2)12-10-13-25(31)3/h7-8,10,12-15,17-18,22H,5-6,9,11,16,19-21H2,1-4H3,(H,33,36). The minimum Gasteiger partial charge on any atom is -0.493 e. The zero-order valence-electron chi connectivity index (χ0n) is 22.6. The van der Waals surface area contributed by atoms with Crippen molar-refractivity contribution in [3.05, 3.63) is 94.3 Å². The minimum absolute atomic E-state index is 0.0161. The maximum absolute atomic E-state index is 12.5. The largest absolute Gasteiger partial charge is 0.493 e. The smallest absolute Gasteiger partial charge is 0.251 e. The highest BCUT2D eigenvalue weighted by molar-refractivity contribution is 5.95. The minimum atomic E-state index is 0.0161. The van der Waals surface area contributed by atoms with Crippen molar-refractivity contribution in [2.75, 3.05) is 13.2 Å². The van der Waals surface area contributed by atoms with Gasteiger partial charge in [0.25, 0.3) is 5.91 Å². The van der Waals surface area contributed by atoms with Gasteiger partial charge in [-0.25, -0.2) is 4.98 Å². The van der Waals surface area contributed by atoms with E-state index in [9.17, 15) is 4.79 Å². The Hall–Kier alpha value is -3.60. The van der Waals surface area contributed by atoms with Crippen molar-refractivity contribution in [1.82, 2.24) is 14.9 Å². The number of nitrogens with one attached hydrogen (secondary N) is 1. The lowest BCUT2D eigenvalue weighted by Gasteiger charge is -2.13. The number of fused-ring (bicyclic) bond motifs is 1. The van der Waals surface area contributed by atoms with Crippen molar-refractivity contribution < 1.29 is 9.53 Å². The molecule has 0 radical (unpaired) electrons. The van der Waals surface area contributed by atoms with Crippen LogP contribution in [-0.4, -0.2) is 28.6 Å². The number of imidazole rings is 1. The van der Waals surface area contributed by atoms with Gasteiger partial charge >= 0.3 is 0 Å². The molecule has 1 heterocycles. The summed E-state index contributed by atoms with van der Waals surface area (Å²) < 4.78 is 8.49. The van der Waals surface area contributed by atoms with Crippen molar-refractivity contribution in [2.45, 2.75) is 66.3 Å². The van der Waals surface area contributed by atoms with Gasteiger partial charge in [-0.15, -0.1) is 0 Å². The van der Waals surface area contributed by atoms with Crippen molar-refractivity contribution >= 4 is 16.9 Å². The molecule has 0 atom stereocenters. The highest BCUT2D eigenvalue weighted by Gasteiger charge is 2.11. The summed E-state index contributed by atoms with van der Waals surface area (Å²) >= 11 is 0. The molecule has 37 heavy (non-hydrogen) atoms. The van der Waals surface area contributed by atoms with E-state index in [1.807, 2.05) is 32.0 Å². The number of nitrogens with zero attached hydrogens (tertiary/aromatic N) is 2. The van der Waals surface area contributed by atoms with Crippen LogP contribution in [0.1, 0.15) is 64.1 Å². The average molecular weight is 498 g/mol. The molecule has 0 bridgehead atoms. The number of hydrogen-bond donors (Lipinski definition) is 1. The molecule has 4 aromatic rings. The molecule has 194 valence electrons. The molecule has 5 nitrogen and oxygen atoms in total. The Morgan fingerprint density at radius 3 is 2.43 bits per heavy atom. The molecule has 0 aliphatic rings. The van der Waals surface area contributed by atoms with E-state index in [0.717, 1.165) is 66.9 Å². The van der Waals surface area contributed by atoms with E-state index >= 15 is 0 Å². The average Bonchev–Trinajstić information content (AvgIpc) is 3.22. The molecule has 0 spiro atoms. The highest BCUT2D eigenvalue weighted by Crippen LogP contribution is 2.23. The summed E-state index contributed by atoms with van der Waals surface area (Å²) in [6.07, 6.45) is 4.90. The van der Waals surface area contributed by atoms with Crippen LogP contribution in [0.15, 0.2) is 60.7 Å². The Bertz CT molecular complexity index is 1340. The van der Waals surface area contributed by atoms with Gasteiger partial charge in [0, 0.05) is 25.1 Å². The summed E-state index contributed by atoms with van der Waals surface area (Å²) in [5, 5.41) is 3.07. The van der Waals surface area contributed by atoms with E-state index in [1.165, 1.54) is 22.2 Å². The molecular weight excluding hydrogens is 458 g/mol. The second-order valence-electron chi connectivity index (χ2n) is 9.98. The number of para-hydroxylation sites is 3. The monoisotopic (exact) mass is 497 g/mol. The number of benzene rings is 3. The number of aryl methyl sites for hydroxylation is 6. The second kappa shape index (κ2) is 12.6. The van der Waals surface area contributed by atoms with Gasteiger partial charge in [0.15, 0.2) is 0 Å². The Balaban J connectivity index is 1.26. The molecule has 0 saturated carbocycles. The number of unbranched alkanes of at least 4 members (excludes halogenated alkanes) is 2. The number of rotatable bonds is 12. The van der Waals surface area contributed by atoms with E-state index in [2.05, 4.69) is 66.2 Å². The maximum Gasteiger partial charge on any atom is 0.251 e. The molecule has 4 rings (SSSR count). The third kappa shape index (κ3) is 6.79. The van der Waals surface area contributed by atoms with Gasteiger partial charge < -0.3 is 14.6 Å². The number of aromatic nitrogens is 2. The van der Waals surface area contributed by atoms with Gasteiger partial charge in [-0.3, -0.25) is 4.79 Å². The molecule has 1 amide bonds. The molecular formula is C32H39N3O2. The fraction of sp³-hybridized carbons (Fsp3) is 0.375. The SMILES string of the molecule is Cc1ccc(C(=O)NCCCCCc2nc3ccccc3n2CCCOc2c(C)cccc2C)c(C)c1. The van der Waals surface area contributed by atoms with Crippen LogP contribution in [0.5, 0.6) is 5.75 Å². The number of carbonyl (C=O) groups excluding carboxylic acids is 1. The normalized spacial score (nSPS) is 11.1. The fourth-order valence-electron chi connectivity index (χ4n) is 4.94. The lowest BCUT2D eigenvalue weighted by Crippen LogP contribution is -2.25. The van der Waals surface area contributed by atoms with Crippen LogP contribution < -0.4 is 10.1 Å². The third-order valence-electron chi connectivity index (χ3n) is 6.90. The predicted octanol–water partition coefficient (Wildman–Crippen LogP) is 6.88. The summed E-state index contributed by atoms with van der Waals surface area (Å²) in [6, 6.07) is 20.6. The molecule has 1 N–H and O–H groups in total. The molecule has 0 aliphatic heterocycles. The van der Waals surface area contributed by atoms with Crippen LogP contribution in [0, 0.1) is 27.7 Å². The molecule has 0 fully saturated rings. The molecule has 3 aromatic carbocycles. The van der Waals surface area contributed by atoms with Crippen molar-refractivity contribution in [3.63, 3.8) is 0 Å². The van der Waals surface area contributed by atoms with Gasteiger partial charge in [-0.05, 0) is 81.8 Å². The van der Waals surface area contributed by atoms with E-state index < -0.39 is 0 Å². The lowest BCUT2D eigenvalue weighted by atomic mass is 10.1. The molecule has 5 heteroatoms. The highest BCUT2D eigenvalue weighted by atomic mass is 16.5. The van der Waals surface area contributed by atoms with Gasteiger partial charge in [0.05, 0.1) is 17.6 Å². The Kier molecular flexibility index (Phi) is 8.99. The van der Waals surface area contributed by atoms with E-state index in [1.54, 1.807) is 0 Å². The summed E-state index contributed by atoms with van der Waals surface area (Å²) in [5.41, 5.74) is 7.56. The Morgan fingerprint density at radius 1 is 0.865 bits per heavy atom. The first-order valence-corrected chi connectivity index (χ1v) is 13.4. The summed E-state index contributed by atoms with van der Waals surface area (Å²) in [6.45, 7) is 10.5. The van der Waals surface area contributed by atoms with Crippen molar-refractivity contribution in [3.8, 4) is 5.75 Å². The maximum atomic E-state index is 12.5. The van der Waals surface area contributed by atoms with Crippen LogP contribution in [0.3, 0.4) is 0 Å². The Labute approximate surface area is 220 Å². The Morgan fingerprint density at radius 2 is 1.65 bits per heavy atom. The van der Waals surface area contributed by atoms with Crippen LogP contribution in [-0.2, 0) is 13.0 Å². The molecule has 0 saturated heterocycles. The molecule has 1 aromatic heterocycles. The van der Waals surface area contributed by atoms with Crippen LogP contribution in [0.25, 0.3) is 11.0 Å². The molecule has 0 unspecified atom stereocenters. The van der Waals surface area contributed by atoms with E-state index in [4.69, 9.17) is 9.72 Å².